The number of carbonyl (C=O) groups is 1. The third-order valence-electron chi connectivity index (χ3n) is 3.96. The van der Waals surface area contributed by atoms with Gasteiger partial charge in [0.25, 0.3) is 0 Å². The quantitative estimate of drug-likeness (QED) is 0.864. The minimum absolute atomic E-state index is 0.313. The predicted molar refractivity (Wildman–Crippen MR) is 86.6 cm³/mol. The third kappa shape index (κ3) is 2.39. The Morgan fingerprint density at radius 3 is 2.23 bits per heavy atom. The third-order valence-corrected chi connectivity index (χ3v) is 3.96. The molecule has 0 bridgehead atoms. The fraction of sp³-hybridized carbons (Fsp3) is 0.211. The van der Waals surface area contributed by atoms with Crippen LogP contribution in [0.3, 0.4) is 0 Å². The van der Waals surface area contributed by atoms with Crippen LogP contribution >= 0.6 is 0 Å². The van der Waals surface area contributed by atoms with Crippen LogP contribution in [0.4, 0.5) is 0 Å². The van der Waals surface area contributed by atoms with Crippen molar-refractivity contribution in [2.45, 2.75) is 26.7 Å². The summed E-state index contributed by atoms with van der Waals surface area (Å²) in [6.45, 7) is 4.02. The lowest BCUT2D eigenvalue weighted by Crippen LogP contribution is -1.93. The zero-order chi connectivity index (χ0) is 15.7. The number of aromatic hydroxyl groups is 1. The molecule has 0 saturated heterocycles. The van der Waals surface area contributed by atoms with Crippen molar-refractivity contribution in [3.8, 4) is 5.75 Å². The molecule has 0 atom stereocenters. The van der Waals surface area contributed by atoms with Gasteiger partial charge in [-0.05, 0) is 53.8 Å². The molecule has 3 rings (SSSR count). The molecule has 0 aliphatic carbocycles. The van der Waals surface area contributed by atoms with Gasteiger partial charge in [-0.3, -0.25) is 0 Å². The van der Waals surface area contributed by atoms with Gasteiger partial charge in [0.2, 0.25) is 0 Å². The molecule has 22 heavy (non-hydrogen) atoms. The first-order chi connectivity index (χ1) is 10.6. The highest BCUT2D eigenvalue weighted by Crippen LogP contribution is 2.33. The molecule has 1 aliphatic heterocycles. The van der Waals surface area contributed by atoms with Gasteiger partial charge >= 0.3 is 5.97 Å². The number of aryl methyl sites for hydroxylation is 2. The zero-order valence-corrected chi connectivity index (χ0v) is 12.7. The molecule has 0 fully saturated rings. The molecule has 0 radical (unpaired) electrons. The number of carbonyl (C=O) groups excluding carboxylic acids is 1. The minimum atomic E-state index is -0.313. The van der Waals surface area contributed by atoms with Crippen molar-refractivity contribution in [3.05, 3.63) is 64.2 Å². The molecule has 1 heterocycles. The number of fused-ring (bicyclic) bond motifs is 1. The largest absolute Gasteiger partial charge is 0.507 e. The van der Waals surface area contributed by atoms with E-state index < -0.39 is 0 Å². The Labute approximate surface area is 129 Å². The Hall–Kier alpha value is -2.55. The van der Waals surface area contributed by atoms with Crippen molar-refractivity contribution < 1.29 is 14.6 Å². The fourth-order valence-corrected chi connectivity index (χ4v) is 2.75. The van der Waals surface area contributed by atoms with E-state index in [-0.39, 0.29) is 5.97 Å². The van der Waals surface area contributed by atoms with Crippen molar-refractivity contribution >= 4 is 17.8 Å². The van der Waals surface area contributed by atoms with Gasteiger partial charge in [-0.1, -0.05) is 32.0 Å². The lowest BCUT2D eigenvalue weighted by Gasteiger charge is -2.09. The smallest absolute Gasteiger partial charge is 0.344 e. The first-order valence-corrected chi connectivity index (χ1v) is 7.52. The summed E-state index contributed by atoms with van der Waals surface area (Å²) >= 11 is 0. The molecule has 1 aliphatic rings. The summed E-state index contributed by atoms with van der Waals surface area (Å²) in [4.78, 5) is 11.9. The summed E-state index contributed by atoms with van der Waals surface area (Å²) in [6.07, 6.45) is 3.37. The second kappa shape index (κ2) is 5.68. The van der Waals surface area contributed by atoms with E-state index in [1.54, 1.807) is 6.07 Å². The second-order valence-electron chi connectivity index (χ2n) is 5.34. The summed E-state index contributed by atoms with van der Waals surface area (Å²) < 4.78 is 5.37. The van der Waals surface area contributed by atoms with Gasteiger partial charge in [0.1, 0.15) is 11.5 Å². The van der Waals surface area contributed by atoms with Crippen LogP contribution in [0.2, 0.25) is 0 Å². The maximum Gasteiger partial charge on any atom is 0.344 e. The molecular weight excluding hydrogens is 276 g/mol. The maximum absolute atomic E-state index is 11.9. The molecular formula is C19H18O3. The average molecular weight is 294 g/mol. The number of rotatable bonds is 3. The molecule has 3 heteroatoms. The van der Waals surface area contributed by atoms with E-state index in [4.69, 9.17) is 4.74 Å². The number of phenolic OH excluding ortho intramolecular Hbond substituents is 1. The highest BCUT2D eigenvalue weighted by atomic mass is 16.5. The fourth-order valence-electron chi connectivity index (χ4n) is 2.75. The minimum Gasteiger partial charge on any atom is -0.507 e. The summed E-state index contributed by atoms with van der Waals surface area (Å²) in [5.74, 6) is 0.624. The van der Waals surface area contributed by atoms with Crippen molar-refractivity contribution in [3.63, 3.8) is 0 Å². The van der Waals surface area contributed by atoms with Gasteiger partial charge in [-0.25, -0.2) is 4.79 Å². The number of esters is 1. The van der Waals surface area contributed by atoms with Gasteiger partial charge < -0.3 is 9.84 Å². The molecule has 0 aromatic heterocycles. The SMILES string of the molecule is CCc1cc(/C=C2\OC(=O)c3ccccc32)cc(CC)c1O. The van der Waals surface area contributed by atoms with Crippen LogP contribution in [-0.4, -0.2) is 11.1 Å². The van der Waals surface area contributed by atoms with Crippen LogP contribution in [0.25, 0.3) is 11.8 Å². The van der Waals surface area contributed by atoms with E-state index in [0.29, 0.717) is 17.1 Å². The Bertz CT molecular complexity index is 747. The highest BCUT2D eigenvalue weighted by Gasteiger charge is 2.25. The number of cyclic esters (lactones) is 1. The molecule has 2 aromatic carbocycles. The summed E-state index contributed by atoms with van der Waals surface area (Å²) in [5, 5.41) is 10.2. The summed E-state index contributed by atoms with van der Waals surface area (Å²) in [7, 11) is 0. The van der Waals surface area contributed by atoms with E-state index in [2.05, 4.69) is 0 Å². The topological polar surface area (TPSA) is 46.5 Å². The number of hydrogen-bond acceptors (Lipinski definition) is 3. The Morgan fingerprint density at radius 2 is 1.64 bits per heavy atom. The van der Waals surface area contributed by atoms with Crippen LogP contribution in [0.15, 0.2) is 36.4 Å². The molecule has 0 amide bonds. The van der Waals surface area contributed by atoms with Crippen LogP contribution < -0.4 is 0 Å². The van der Waals surface area contributed by atoms with Crippen LogP contribution in [0.1, 0.15) is 46.5 Å². The number of benzene rings is 2. The first kappa shape index (κ1) is 14.4. The maximum atomic E-state index is 11.9. The van der Waals surface area contributed by atoms with Crippen molar-refractivity contribution in [2.24, 2.45) is 0 Å². The van der Waals surface area contributed by atoms with Gasteiger partial charge in [-0.15, -0.1) is 0 Å². The van der Waals surface area contributed by atoms with E-state index in [0.717, 1.165) is 35.1 Å². The molecule has 0 unspecified atom stereocenters. The Balaban J connectivity index is 2.09. The van der Waals surface area contributed by atoms with Crippen molar-refractivity contribution in [1.82, 2.24) is 0 Å². The molecule has 0 saturated carbocycles. The number of ether oxygens (including phenoxy) is 1. The van der Waals surface area contributed by atoms with Crippen molar-refractivity contribution in [2.75, 3.05) is 0 Å². The number of phenols is 1. The average Bonchev–Trinajstić information content (AvgIpc) is 2.85. The monoisotopic (exact) mass is 294 g/mol. The normalized spacial score (nSPS) is 15.0. The van der Waals surface area contributed by atoms with Gasteiger partial charge in [-0.2, -0.15) is 0 Å². The van der Waals surface area contributed by atoms with E-state index in [9.17, 15) is 9.90 Å². The molecule has 2 aromatic rings. The lowest BCUT2D eigenvalue weighted by atomic mass is 9.99. The number of hydrogen-bond donors (Lipinski definition) is 1. The molecule has 0 spiro atoms. The van der Waals surface area contributed by atoms with Gasteiger partial charge in [0.05, 0.1) is 5.56 Å². The Kier molecular flexibility index (Phi) is 3.72. The predicted octanol–water partition coefficient (Wildman–Crippen LogP) is 4.19. The van der Waals surface area contributed by atoms with Crippen LogP contribution in [0, 0.1) is 0 Å². The first-order valence-electron chi connectivity index (χ1n) is 7.52. The summed E-state index contributed by atoms with van der Waals surface area (Å²) in [6, 6.07) is 11.2. The molecule has 1 N–H and O–H groups in total. The zero-order valence-electron chi connectivity index (χ0n) is 12.7. The van der Waals surface area contributed by atoms with Crippen LogP contribution in [0.5, 0.6) is 5.75 Å². The second-order valence-corrected chi connectivity index (χ2v) is 5.34. The van der Waals surface area contributed by atoms with E-state index in [1.165, 1.54) is 0 Å². The van der Waals surface area contributed by atoms with Gasteiger partial charge in [0, 0.05) is 5.56 Å². The summed E-state index contributed by atoms with van der Waals surface area (Å²) in [5.41, 5.74) is 4.16. The Morgan fingerprint density at radius 1 is 1.05 bits per heavy atom. The van der Waals surface area contributed by atoms with E-state index >= 15 is 0 Å². The van der Waals surface area contributed by atoms with Crippen LogP contribution in [-0.2, 0) is 17.6 Å². The molecule has 112 valence electrons. The van der Waals surface area contributed by atoms with E-state index in [1.807, 2.05) is 50.3 Å². The molecule has 3 nitrogen and oxygen atoms in total. The standard InChI is InChI=1S/C19H18O3/c1-3-13-9-12(10-14(4-2)18(13)20)11-17-15-7-5-6-8-16(15)19(21)22-17/h5-11,20H,3-4H2,1-2H3/b17-11-. The highest BCUT2D eigenvalue weighted by molar-refractivity contribution is 6.05. The van der Waals surface area contributed by atoms with Gasteiger partial charge in [0.15, 0.2) is 0 Å². The van der Waals surface area contributed by atoms with Crippen molar-refractivity contribution in [1.29, 1.82) is 0 Å². The lowest BCUT2D eigenvalue weighted by molar-refractivity contribution is 0.0717.